The number of aryl methyl sites for hydroxylation is 2. The molecule has 0 saturated heterocycles. The van der Waals surface area contributed by atoms with Crippen molar-refractivity contribution in [2.45, 2.75) is 34.2 Å². The second-order valence-electron chi connectivity index (χ2n) is 6.96. The summed E-state index contributed by atoms with van der Waals surface area (Å²) >= 11 is 1.50. The first-order valence-corrected chi connectivity index (χ1v) is 10.4. The quantitative estimate of drug-likeness (QED) is 0.694. The Balaban J connectivity index is 1.95. The van der Waals surface area contributed by atoms with E-state index in [4.69, 9.17) is 0 Å². The molecule has 0 saturated carbocycles. The first kappa shape index (κ1) is 20.7. The Kier molecular flexibility index (Phi) is 6.44. The van der Waals surface area contributed by atoms with E-state index in [0.717, 1.165) is 21.7 Å². The molecule has 150 valence electrons. The number of nitrogens with zero attached hydrogens (tertiary/aromatic N) is 2. The highest BCUT2D eigenvalue weighted by atomic mass is 32.1. The number of amides is 2. The van der Waals surface area contributed by atoms with Crippen LogP contribution < -0.4 is 10.1 Å². The van der Waals surface area contributed by atoms with Crippen molar-refractivity contribution < 1.29 is 9.59 Å². The molecule has 0 atom stereocenters. The summed E-state index contributed by atoms with van der Waals surface area (Å²) in [5.74, 6) is -0.340. The predicted octanol–water partition coefficient (Wildman–Crippen LogP) is 4.01. The van der Waals surface area contributed by atoms with Gasteiger partial charge in [-0.3, -0.25) is 9.59 Å². The Morgan fingerprint density at radius 3 is 2.45 bits per heavy atom. The minimum Gasteiger partial charge on any atom is -0.352 e. The van der Waals surface area contributed by atoms with Gasteiger partial charge in [-0.05, 0) is 57.5 Å². The summed E-state index contributed by atoms with van der Waals surface area (Å²) in [7, 11) is 0. The van der Waals surface area contributed by atoms with Crippen LogP contribution in [0.25, 0.3) is 0 Å². The van der Waals surface area contributed by atoms with Crippen LogP contribution in [0.15, 0.2) is 53.5 Å². The molecule has 1 aromatic heterocycles. The van der Waals surface area contributed by atoms with Crippen molar-refractivity contribution in [3.8, 4) is 0 Å². The van der Waals surface area contributed by atoms with Crippen molar-refractivity contribution in [2.24, 2.45) is 4.99 Å². The van der Waals surface area contributed by atoms with E-state index in [1.54, 1.807) is 18.2 Å². The summed E-state index contributed by atoms with van der Waals surface area (Å²) < 4.78 is 2.03. The lowest BCUT2D eigenvalue weighted by Crippen LogP contribution is -2.23. The van der Waals surface area contributed by atoms with Gasteiger partial charge in [-0.2, -0.15) is 4.99 Å². The van der Waals surface area contributed by atoms with E-state index in [9.17, 15) is 9.59 Å². The lowest BCUT2D eigenvalue weighted by Gasteiger charge is -2.09. The molecule has 2 amide bonds. The van der Waals surface area contributed by atoms with Gasteiger partial charge in [-0.15, -0.1) is 11.3 Å². The molecule has 1 N–H and O–H groups in total. The van der Waals surface area contributed by atoms with E-state index >= 15 is 0 Å². The first-order valence-electron chi connectivity index (χ1n) is 9.58. The Morgan fingerprint density at radius 1 is 1.03 bits per heavy atom. The van der Waals surface area contributed by atoms with E-state index in [2.05, 4.69) is 10.3 Å². The average molecular weight is 408 g/mol. The highest BCUT2D eigenvalue weighted by molar-refractivity contribution is 7.09. The zero-order valence-electron chi connectivity index (χ0n) is 17.2. The molecule has 0 bridgehead atoms. The molecule has 0 fully saturated rings. The zero-order valence-corrected chi connectivity index (χ0v) is 18.0. The van der Waals surface area contributed by atoms with E-state index in [1.165, 1.54) is 11.3 Å². The molecule has 5 nitrogen and oxygen atoms in total. The van der Waals surface area contributed by atoms with Gasteiger partial charge in [0.15, 0.2) is 4.80 Å². The van der Waals surface area contributed by atoms with Crippen LogP contribution in [0.1, 0.15) is 49.3 Å². The normalized spacial score (nSPS) is 11.5. The smallest absolute Gasteiger partial charge is 0.279 e. The highest BCUT2D eigenvalue weighted by Gasteiger charge is 2.11. The van der Waals surface area contributed by atoms with E-state index in [-0.39, 0.29) is 11.8 Å². The van der Waals surface area contributed by atoms with Crippen LogP contribution >= 0.6 is 11.3 Å². The SMILES string of the molecule is CCNC(=O)c1cccc(Cn2c(C)c(C)sc2=NC(=O)c2ccc(C)cc2)c1. The van der Waals surface area contributed by atoms with Crippen LogP contribution in [0.5, 0.6) is 0 Å². The summed E-state index contributed by atoms with van der Waals surface area (Å²) in [5, 5.41) is 2.82. The second kappa shape index (κ2) is 9.01. The lowest BCUT2D eigenvalue weighted by molar-refractivity contribution is 0.0954. The molecule has 1 heterocycles. The van der Waals surface area contributed by atoms with Crippen LogP contribution in [0, 0.1) is 20.8 Å². The van der Waals surface area contributed by atoms with Gasteiger partial charge in [0.05, 0.1) is 6.54 Å². The van der Waals surface area contributed by atoms with Gasteiger partial charge in [0.1, 0.15) is 0 Å². The third kappa shape index (κ3) is 4.90. The summed E-state index contributed by atoms with van der Waals surface area (Å²) in [6, 6.07) is 15.0. The Bertz CT molecular complexity index is 1110. The number of nitrogens with one attached hydrogen (secondary N) is 1. The van der Waals surface area contributed by atoms with Crippen LogP contribution in [0.3, 0.4) is 0 Å². The van der Waals surface area contributed by atoms with Crippen LogP contribution in [-0.4, -0.2) is 22.9 Å². The van der Waals surface area contributed by atoms with Gasteiger partial charge < -0.3 is 9.88 Å². The number of carbonyl (C=O) groups is 2. The van der Waals surface area contributed by atoms with Crippen molar-refractivity contribution >= 4 is 23.2 Å². The molecule has 0 radical (unpaired) electrons. The molecular weight excluding hydrogens is 382 g/mol. The van der Waals surface area contributed by atoms with E-state index in [1.807, 2.05) is 62.6 Å². The largest absolute Gasteiger partial charge is 0.352 e. The fraction of sp³-hybridized carbons (Fsp3) is 0.261. The van der Waals surface area contributed by atoms with Gasteiger partial charge in [0, 0.05) is 28.2 Å². The number of benzene rings is 2. The Morgan fingerprint density at radius 2 is 1.76 bits per heavy atom. The molecule has 0 aliphatic carbocycles. The number of rotatable bonds is 5. The molecular formula is C23H25N3O2S. The van der Waals surface area contributed by atoms with Crippen LogP contribution in [0.4, 0.5) is 0 Å². The zero-order chi connectivity index (χ0) is 21.0. The van der Waals surface area contributed by atoms with Crippen LogP contribution in [0.2, 0.25) is 0 Å². The molecule has 0 aliphatic heterocycles. The van der Waals surface area contributed by atoms with E-state index < -0.39 is 0 Å². The third-order valence-corrected chi connectivity index (χ3v) is 5.85. The Labute approximate surface area is 174 Å². The van der Waals surface area contributed by atoms with Crippen molar-refractivity contribution in [3.63, 3.8) is 0 Å². The number of aromatic nitrogens is 1. The maximum Gasteiger partial charge on any atom is 0.279 e. The molecule has 0 unspecified atom stereocenters. The molecule has 2 aromatic carbocycles. The molecule has 3 aromatic rings. The highest BCUT2D eigenvalue weighted by Crippen LogP contribution is 2.14. The van der Waals surface area contributed by atoms with Gasteiger partial charge in [-0.1, -0.05) is 29.8 Å². The second-order valence-corrected chi connectivity index (χ2v) is 8.14. The van der Waals surface area contributed by atoms with Gasteiger partial charge >= 0.3 is 0 Å². The monoisotopic (exact) mass is 407 g/mol. The van der Waals surface area contributed by atoms with Crippen LogP contribution in [-0.2, 0) is 6.54 Å². The molecule has 6 heteroatoms. The molecule has 0 aliphatic rings. The fourth-order valence-electron chi connectivity index (χ4n) is 2.97. The number of thiazole rings is 1. The number of hydrogen-bond acceptors (Lipinski definition) is 3. The van der Waals surface area contributed by atoms with Crippen molar-refractivity contribution in [3.05, 3.63) is 86.2 Å². The summed E-state index contributed by atoms with van der Waals surface area (Å²) in [5.41, 5.74) is 4.35. The Hall–Kier alpha value is -2.99. The fourth-order valence-corrected chi connectivity index (χ4v) is 3.94. The standard InChI is InChI=1S/C23H25N3O2S/c1-5-24-21(27)20-8-6-7-18(13-20)14-26-16(3)17(4)29-23(26)25-22(28)19-11-9-15(2)10-12-19/h6-13H,5,14H2,1-4H3,(H,24,27). The summed E-state index contributed by atoms with van der Waals surface area (Å²) in [6.45, 7) is 9.06. The maximum atomic E-state index is 12.6. The van der Waals surface area contributed by atoms with Gasteiger partial charge in [0.2, 0.25) is 0 Å². The van der Waals surface area contributed by atoms with E-state index in [0.29, 0.717) is 29.0 Å². The topological polar surface area (TPSA) is 63.5 Å². The van der Waals surface area contributed by atoms with Crippen molar-refractivity contribution in [2.75, 3.05) is 6.54 Å². The minimum atomic E-state index is -0.254. The third-order valence-electron chi connectivity index (χ3n) is 4.75. The molecule has 29 heavy (non-hydrogen) atoms. The van der Waals surface area contributed by atoms with Gasteiger partial charge in [-0.25, -0.2) is 0 Å². The first-order chi connectivity index (χ1) is 13.9. The number of hydrogen-bond donors (Lipinski definition) is 1. The lowest BCUT2D eigenvalue weighted by atomic mass is 10.1. The molecule has 0 spiro atoms. The average Bonchev–Trinajstić information content (AvgIpc) is 2.96. The van der Waals surface area contributed by atoms with Crippen molar-refractivity contribution in [1.29, 1.82) is 0 Å². The summed E-state index contributed by atoms with van der Waals surface area (Å²) in [6.07, 6.45) is 0. The predicted molar refractivity (Wildman–Crippen MR) is 116 cm³/mol. The molecule has 3 rings (SSSR count). The maximum absolute atomic E-state index is 12.6. The van der Waals surface area contributed by atoms with Gasteiger partial charge in [0.25, 0.3) is 11.8 Å². The number of carbonyl (C=O) groups excluding carboxylic acids is 2. The minimum absolute atomic E-state index is 0.0861. The van der Waals surface area contributed by atoms with Crippen molar-refractivity contribution in [1.82, 2.24) is 9.88 Å². The summed E-state index contributed by atoms with van der Waals surface area (Å²) in [4.78, 5) is 30.9.